The van der Waals surface area contributed by atoms with Crippen molar-refractivity contribution in [2.24, 2.45) is 0 Å². The molecule has 2 aromatic rings. The fourth-order valence-corrected chi connectivity index (χ4v) is 3.62. The van der Waals surface area contributed by atoms with E-state index in [4.69, 9.17) is 4.74 Å². The number of hydrogen-bond donors (Lipinski definition) is 2. The third-order valence-corrected chi connectivity index (χ3v) is 5.37. The van der Waals surface area contributed by atoms with Gasteiger partial charge in [-0.15, -0.1) is 11.3 Å². The van der Waals surface area contributed by atoms with E-state index in [0.717, 1.165) is 22.6 Å². The Morgan fingerprint density at radius 1 is 1.26 bits per heavy atom. The number of nitrogens with two attached hydrogens (primary N) is 1. The molecule has 1 atom stereocenters. The van der Waals surface area contributed by atoms with E-state index in [1.807, 2.05) is 13.8 Å². The minimum absolute atomic E-state index is 0.0679. The number of benzene rings is 1. The quantitative estimate of drug-likeness (QED) is 0.706. The molecular weight excluding hydrogens is 374 g/mol. The molecule has 0 aliphatic carbocycles. The predicted octanol–water partition coefficient (Wildman–Crippen LogP) is 3.08. The fraction of sp³-hybridized carbons (Fsp3) is 0.368. The van der Waals surface area contributed by atoms with Crippen LogP contribution in [-0.2, 0) is 9.53 Å². The second kappa shape index (κ2) is 9.05. The van der Waals surface area contributed by atoms with Gasteiger partial charge in [0.15, 0.2) is 18.2 Å². The largest absolute Gasteiger partial charge is 0.462 e. The highest BCUT2D eigenvalue weighted by Gasteiger charge is 2.23. The van der Waals surface area contributed by atoms with Crippen LogP contribution in [0.4, 0.5) is 13.8 Å². The van der Waals surface area contributed by atoms with Crippen LogP contribution in [-0.4, -0.2) is 25.0 Å². The summed E-state index contributed by atoms with van der Waals surface area (Å²) in [5.74, 6) is -2.58. The van der Waals surface area contributed by atoms with Crippen LogP contribution < -0.4 is 10.6 Å². The highest BCUT2D eigenvalue weighted by molar-refractivity contribution is 7.16. The number of hydrogen-bond acceptors (Lipinski definition) is 4. The zero-order valence-corrected chi connectivity index (χ0v) is 16.5. The van der Waals surface area contributed by atoms with Crippen molar-refractivity contribution in [2.75, 3.05) is 18.5 Å². The van der Waals surface area contributed by atoms with Crippen LogP contribution in [0, 0.1) is 25.5 Å². The minimum Gasteiger partial charge on any atom is -0.462 e. The number of rotatable bonds is 7. The molecule has 0 unspecified atom stereocenters. The van der Waals surface area contributed by atoms with Gasteiger partial charge in [-0.05, 0) is 51.5 Å². The Labute approximate surface area is 160 Å². The topological polar surface area (TPSA) is 72.0 Å². The third kappa shape index (κ3) is 5.11. The summed E-state index contributed by atoms with van der Waals surface area (Å²) in [7, 11) is 0. The lowest BCUT2D eigenvalue weighted by molar-refractivity contribution is -0.682. The number of halogens is 2. The number of aryl methyl sites for hydroxylation is 1. The summed E-state index contributed by atoms with van der Waals surface area (Å²) in [6, 6.07) is 3.45. The van der Waals surface area contributed by atoms with E-state index in [-0.39, 0.29) is 25.1 Å². The first-order valence-electron chi connectivity index (χ1n) is 8.59. The molecule has 1 aromatic carbocycles. The predicted molar refractivity (Wildman–Crippen MR) is 99.9 cm³/mol. The summed E-state index contributed by atoms with van der Waals surface area (Å²) < 4.78 is 31.4. The monoisotopic (exact) mass is 397 g/mol. The molecule has 1 heterocycles. The Hall–Kier alpha value is -2.32. The van der Waals surface area contributed by atoms with Gasteiger partial charge in [0.2, 0.25) is 0 Å². The van der Waals surface area contributed by atoms with Crippen molar-refractivity contribution in [2.45, 2.75) is 33.7 Å². The standard InChI is InChI=1S/C19H22F2N2O3S/c1-5-26-19(25)17-10(2)12(4)27-18(17)23-16(24)9-22-11(3)13-6-7-14(20)15(21)8-13/h6-8,11,22H,5,9H2,1-4H3,(H,23,24)/p+1/t11-/m1/s1. The maximum Gasteiger partial charge on any atom is 0.341 e. The van der Waals surface area contributed by atoms with Crippen molar-refractivity contribution in [3.8, 4) is 0 Å². The van der Waals surface area contributed by atoms with Gasteiger partial charge in [0.1, 0.15) is 11.0 Å². The van der Waals surface area contributed by atoms with E-state index in [2.05, 4.69) is 5.32 Å². The van der Waals surface area contributed by atoms with Gasteiger partial charge in [0.05, 0.1) is 12.2 Å². The lowest BCUT2D eigenvalue weighted by Gasteiger charge is -2.12. The van der Waals surface area contributed by atoms with Gasteiger partial charge in [0.25, 0.3) is 5.91 Å². The number of thiophene rings is 1. The first-order chi connectivity index (χ1) is 12.7. The number of anilines is 1. The molecule has 5 nitrogen and oxygen atoms in total. The molecule has 0 aliphatic rings. The van der Waals surface area contributed by atoms with Crippen molar-refractivity contribution in [3.63, 3.8) is 0 Å². The molecule has 3 N–H and O–H groups in total. The molecule has 2 rings (SSSR count). The summed E-state index contributed by atoms with van der Waals surface area (Å²) in [4.78, 5) is 25.4. The van der Waals surface area contributed by atoms with Gasteiger partial charge < -0.3 is 15.4 Å². The zero-order valence-electron chi connectivity index (χ0n) is 15.7. The second-order valence-corrected chi connectivity index (χ2v) is 7.38. The molecule has 0 fully saturated rings. The summed E-state index contributed by atoms with van der Waals surface area (Å²) in [5, 5.41) is 4.92. The zero-order chi connectivity index (χ0) is 20.1. The molecule has 1 amide bonds. The molecule has 8 heteroatoms. The highest BCUT2D eigenvalue weighted by atomic mass is 32.1. The van der Waals surface area contributed by atoms with Crippen LogP contribution in [0.2, 0.25) is 0 Å². The smallest absolute Gasteiger partial charge is 0.341 e. The fourth-order valence-electron chi connectivity index (χ4n) is 2.56. The van der Waals surface area contributed by atoms with Crippen molar-refractivity contribution < 1.29 is 28.4 Å². The van der Waals surface area contributed by atoms with Crippen molar-refractivity contribution in [1.29, 1.82) is 0 Å². The number of amides is 1. The van der Waals surface area contributed by atoms with E-state index in [9.17, 15) is 18.4 Å². The summed E-state index contributed by atoms with van der Waals surface area (Å²) in [6.45, 7) is 7.52. The van der Waals surface area contributed by atoms with E-state index < -0.39 is 17.6 Å². The Morgan fingerprint density at radius 2 is 1.96 bits per heavy atom. The van der Waals surface area contributed by atoms with E-state index in [0.29, 0.717) is 16.1 Å². The average Bonchev–Trinajstić information content (AvgIpc) is 2.89. The lowest BCUT2D eigenvalue weighted by Crippen LogP contribution is -2.86. The first kappa shape index (κ1) is 21.0. The molecule has 146 valence electrons. The van der Waals surface area contributed by atoms with Crippen LogP contribution in [0.15, 0.2) is 18.2 Å². The van der Waals surface area contributed by atoms with Gasteiger partial charge >= 0.3 is 5.97 Å². The van der Waals surface area contributed by atoms with Crippen LogP contribution in [0.25, 0.3) is 0 Å². The van der Waals surface area contributed by atoms with Gasteiger partial charge in [-0.2, -0.15) is 0 Å². The summed E-state index contributed by atoms with van der Waals surface area (Å²) in [5.41, 5.74) is 1.74. The minimum atomic E-state index is -0.916. The molecule has 0 spiro atoms. The van der Waals surface area contributed by atoms with Crippen molar-refractivity contribution >= 4 is 28.2 Å². The Morgan fingerprint density at radius 3 is 2.59 bits per heavy atom. The van der Waals surface area contributed by atoms with Crippen LogP contribution in [0.1, 0.15) is 46.3 Å². The van der Waals surface area contributed by atoms with Crippen LogP contribution in [0.3, 0.4) is 0 Å². The molecule has 0 saturated carbocycles. The van der Waals surface area contributed by atoms with Crippen molar-refractivity contribution in [1.82, 2.24) is 0 Å². The van der Waals surface area contributed by atoms with E-state index in [1.165, 1.54) is 17.4 Å². The Balaban J connectivity index is 2.02. The molecule has 0 saturated heterocycles. The number of carbonyl (C=O) groups is 2. The number of nitrogens with one attached hydrogen (secondary N) is 1. The Bertz CT molecular complexity index is 852. The van der Waals surface area contributed by atoms with Gasteiger partial charge in [0, 0.05) is 10.4 Å². The van der Waals surface area contributed by atoms with Crippen molar-refractivity contribution in [3.05, 3.63) is 51.4 Å². The maximum atomic E-state index is 13.3. The van der Waals surface area contributed by atoms with E-state index in [1.54, 1.807) is 19.2 Å². The van der Waals surface area contributed by atoms with E-state index >= 15 is 0 Å². The molecule has 0 radical (unpaired) electrons. The van der Waals surface area contributed by atoms with Gasteiger partial charge in [-0.1, -0.05) is 0 Å². The number of quaternary nitrogens is 1. The Kier molecular flexibility index (Phi) is 7.04. The third-order valence-electron chi connectivity index (χ3n) is 4.24. The molecule has 0 aliphatic heterocycles. The number of carbonyl (C=O) groups excluding carboxylic acids is 2. The SMILES string of the molecule is CCOC(=O)c1c(NC(=O)C[NH2+][C@H](C)c2ccc(F)c(F)c2)sc(C)c1C. The first-order valence-corrected chi connectivity index (χ1v) is 9.41. The van der Waals surface area contributed by atoms with Crippen LogP contribution >= 0.6 is 11.3 Å². The lowest BCUT2D eigenvalue weighted by atomic mass is 10.1. The normalized spacial score (nSPS) is 11.9. The second-order valence-electron chi connectivity index (χ2n) is 6.16. The molecule has 0 bridgehead atoms. The van der Waals surface area contributed by atoms with Crippen LogP contribution in [0.5, 0.6) is 0 Å². The number of esters is 1. The molecule has 27 heavy (non-hydrogen) atoms. The molecule has 1 aromatic heterocycles. The average molecular weight is 397 g/mol. The van der Waals surface area contributed by atoms with Gasteiger partial charge in [-0.3, -0.25) is 4.79 Å². The number of ether oxygens (including phenoxy) is 1. The summed E-state index contributed by atoms with van der Waals surface area (Å²) in [6.07, 6.45) is 0. The molecular formula is C19H23F2N2O3S+. The summed E-state index contributed by atoms with van der Waals surface area (Å²) >= 11 is 1.32. The highest BCUT2D eigenvalue weighted by Crippen LogP contribution is 2.32. The van der Waals surface area contributed by atoms with Gasteiger partial charge in [-0.25, -0.2) is 13.6 Å². The maximum absolute atomic E-state index is 13.3.